The Morgan fingerprint density at radius 1 is 1.44 bits per heavy atom. The third-order valence-electron chi connectivity index (χ3n) is 3.84. The molecule has 0 aromatic heterocycles. The number of nitrogens with zero attached hydrogens (tertiary/aromatic N) is 1. The van der Waals surface area contributed by atoms with E-state index in [0.717, 1.165) is 19.4 Å². The molecule has 0 saturated heterocycles. The molecule has 0 saturated carbocycles. The van der Waals surface area contributed by atoms with Crippen molar-refractivity contribution >= 4 is 5.97 Å². The van der Waals surface area contributed by atoms with Crippen molar-refractivity contribution in [3.63, 3.8) is 0 Å². The van der Waals surface area contributed by atoms with Crippen molar-refractivity contribution in [2.45, 2.75) is 51.7 Å². The van der Waals surface area contributed by atoms with Crippen LogP contribution >= 0.6 is 0 Å². The minimum Gasteiger partial charge on any atom is -0.480 e. The topological polar surface area (TPSA) is 40.5 Å². The Morgan fingerprint density at radius 2 is 2.11 bits per heavy atom. The second kappa shape index (κ2) is 5.53. The number of hydrogen-bond acceptors (Lipinski definition) is 2. The summed E-state index contributed by atoms with van der Waals surface area (Å²) in [6.07, 6.45) is 2.76. The molecule has 1 aromatic rings. The number of carboxylic acid groups (broad SMARTS) is 1. The summed E-state index contributed by atoms with van der Waals surface area (Å²) in [5, 5.41) is 9.41. The summed E-state index contributed by atoms with van der Waals surface area (Å²) >= 11 is 0. The first kappa shape index (κ1) is 13.1. The number of fused-ring (bicyclic) bond motifs is 1. The van der Waals surface area contributed by atoms with Gasteiger partial charge in [0.05, 0.1) is 0 Å². The average Bonchev–Trinajstić information content (AvgIpc) is 2.37. The van der Waals surface area contributed by atoms with Crippen LogP contribution in [0, 0.1) is 0 Å². The highest BCUT2D eigenvalue weighted by molar-refractivity contribution is 5.74. The van der Waals surface area contributed by atoms with Crippen LogP contribution in [0.15, 0.2) is 24.3 Å². The maximum Gasteiger partial charge on any atom is 0.321 e. The van der Waals surface area contributed by atoms with E-state index in [1.54, 1.807) is 0 Å². The van der Waals surface area contributed by atoms with Crippen LogP contribution < -0.4 is 0 Å². The van der Waals surface area contributed by atoms with Crippen LogP contribution in [0.4, 0.5) is 0 Å². The van der Waals surface area contributed by atoms with Crippen LogP contribution in [0.25, 0.3) is 0 Å². The van der Waals surface area contributed by atoms with Gasteiger partial charge in [0.2, 0.25) is 0 Å². The Morgan fingerprint density at radius 3 is 2.72 bits per heavy atom. The summed E-state index contributed by atoms with van der Waals surface area (Å²) in [7, 11) is 0. The van der Waals surface area contributed by atoms with Crippen molar-refractivity contribution in [3.05, 3.63) is 35.4 Å². The SMILES string of the molecule is CCCC(C)N1Cc2ccccc2C[C@H]1C(=O)O. The summed E-state index contributed by atoms with van der Waals surface area (Å²) in [4.78, 5) is 13.6. The fourth-order valence-electron chi connectivity index (χ4n) is 2.82. The van der Waals surface area contributed by atoms with Gasteiger partial charge in [0.1, 0.15) is 6.04 Å². The molecule has 0 bridgehead atoms. The first-order valence-electron chi connectivity index (χ1n) is 6.68. The molecular formula is C15H21NO2. The minimum absolute atomic E-state index is 0.324. The first-order valence-corrected chi connectivity index (χ1v) is 6.68. The quantitative estimate of drug-likeness (QED) is 0.889. The molecule has 0 amide bonds. The molecule has 1 heterocycles. The molecule has 1 aliphatic rings. The van der Waals surface area contributed by atoms with Gasteiger partial charge in [0.25, 0.3) is 0 Å². The molecule has 1 unspecified atom stereocenters. The molecule has 0 fully saturated rings. The standard InChI is InChI=1S/C15H21NO2/c1-3-6-11(2)16-10-13-8-5-4-7-12(13)9-14(16)15(17)18/h4-5,7-8,11,14H,3,6,9-10H2,1-2H3,(H,17,18)/t11?,14-/m0/s1. The van der Waals surface area contributed by atoms with Crippen molar-refractivity contribution in [2.24, 2.45) is 0 Å². The molecule has 98 valence electrons. The average molecular weight is 247 g/mol. The van der Waals surface area contributed by atoms with Gasteiger partial charge in [-0.25, -0.2) is 0 Å². The normalized spacial score (nSPS) is 21.3. The fourth-order valence-corrected chi connectivity index (χ4v) is 2.82. The summed E-state index contributed by atoms with van der Waals surface area (Å²) in [6.45, 7) is 5.03. The zero-order valence-electron chi connectivity index (χ0n) is 11.1. The lowest BCUT2D eigenvalue weighted by molar-refractivity contribution is -0.145. The van der Waals surface area contributed by atoms with E-state index in [1.165, 1.54) is 11.1 Å². The predicted molar refractivity (Wildman–Crippen MR) is 71.5 cm³/mol. The van der Waals surface area contributed by atoms with Crippen molar-refractivity contribution in [1.82, 2.24) is 4.90 Å². The van der Waals surface area contributed by atoms with Gasteiger partial charge < -0.3 is 5.11 Å². The monoisotopic (exact) mass is 247 g/mol. The Kier molecular flexibility index (Phi) is 4.02. The Labute approximate surface area is 108 Å². The molecule has 18 heavy (non-hydrogen) atoms. The second-order valence-electron chi connectivity index (χ2n) is 5.14. The molecule has 3 heteroatoms. The van der Waals surface area contributed by atoms with E-state index in [4.69, 9.17) is 0 Å². The predicted octanol–water partition coefficient (Wildman–Crippen LogP) is 2.69. The molecule has 1 aromatic carbocycles. The lowest BCUT2D eigenvalue weighted by Gasteiger charge is -2.38. The molecule has 0 radical (unpaired) electrons. The van der Waals surface area contributed by atoms with E-state index in [-0.39, 0.29) is 6.04 Å². The molecule has 1 aliphatic heterocycles. The number of aliphatic carboxylic acids is 1. The number of carboxylic acids is 1. The largest absolute Gasteiger partial charge is 0.480 e. The van der Waals surface area contributed by atoms with Gasteiger partial charge in [-0.05, 0) is 30.9 Å². The van der Waals surface area contributed by atoms with Crippen LogP contribution in [0.3, 0.4) is 0 Å². The van der Waals surface area contributed by atoms with Crippen LogP contribution in [0.2, 0.25) is 0 Å². The van der Waals surface area contributed by atoms with Gasteiger partial charge in [-0.1, -0.05) is 37.6 Å². The van der Waals surface area contributed by atoms with E-state index in [9.17, 15) is 9.90 Å². The van der Waals surface area contributed by atoms with Gasteiger partial charge in [-0.15, -0.1) is 0 Å². The Bertz CT molecular complexity index is 430. The number of benzene rings is 1. The highest BCUT2D eigenvalue weighted by Gasteiger charge is 2.33. The van der Waals surface area contributed by atoms with Crippen LogP contribution in [0.1, 0.15) is 37.8 Å². The van der Waals surface area contributed by atoms with Crippen molar-refractivity contribution in [2.75, 3.05) is 0 Å². The van der Waals surface area contributed by atoms with E-state index >= 15 is 0 Å². The van der Waals surface area contributed by atoms with E-state index < -0.39 is 5.97 Å². The van der Waals surface area contributed by atoms with E-state index in [1.807, 2.05) is 18.2 Å². The van der Waals surface area contributed by atoms with E-state index in [0.29, 0.717) is 12.5 Å². The lowest BCUT2D eigenvalue weighted by Crippen LogP contribution is -2.49. The lowest BCUT2D eigenvalue weighted by atomic mass is 9.92. The second-order valence-corrected chi connectivity index (χ2v) is 5.14. The fraction of sp³-hybridized carbons (Fsp3) is 0.533. The van der Waals surface area contributed by atoms with Crippen molar-refractivity contribution in [3.8, 4) is 0 Å². The van der Waals surface area contributed by atoms with Crippen LogP contribution in [-0.2, 0) is 17.8 Å². The highest BCUT2D eigenvalue weighted by atomic mass is 16.4. The first-order chi connectivity index (χ1) is 8.63. The van der Waals surface area contributed by atoms with Gasteiger partial charge in [-0.2, -0.15) is 0 Å². The van der Waals surface area contributed by atoms with Crippen LogP contribution in [-0.4, -0.2) is 28.1 Å². The maximum atomic E-state index is 11.4. The number of rotatable bonds is 4. The summed E-state index contributed by atoms with van der Waals surface area (Å²) < 4.78 is 0. The molecule has 1 N–H and O–H groups in total. The Balaban J connectivity index is 2.25. The maximum absolute atomic E-state index is 11.4. The van der Waals surface area contributed by atoms with Gasteiger partial charge in [0, 0.05) is 12.6 Å². The third-order valence-corrected chi connectivity index (χ3v) is 3.84. The molecule has 2 rings (SSSR count). The summed E-state index contributed by atoms with van der Waals surface area (Å²) in [5.74, 6) is -0.701. The number of hydrogen-bond donors (Lipinski definition) is 1. The third kappa shape index (κ3) is 2.56. The molecule has 2 atom stereocenters. The molecular weight excluding hydrogens is 226 g/mol. The molecule has 3 nitrogen and oxygen atoms in total. The van der Waals surface area contributed by atoms with Gasteiger partial charge in [-0.3, -0.25) is 9.69 Å². The molecule has 0 spiro atoms. The Hall–Kier alpha value is -1.35. The smallest absolute Gasteiger partial charge is 0.321 e. The van der Waals surface area contributed by atoms with Crippen molar-refractivity contribution < 1.29 is 9.90 Å². The molecule has 0 aliphatic carbocycles. The van der Waals surface area contributed by atoms with Gasteiger partial charge in [0.15, 0.2) is 0 Å². The summed E-state index contributed by atoms with van der Waals surface area (Å²) in [5.41, 5.74) is 2.46. The van der Waals surface area contributed by atoms with E-state index in [2.05, 4.69) is 24.8 Å². The highest BCUT2D eigenvalue weighted by Crippen LogP contribution is 2.26. The zero-order chi connectivity index (χ0) is 13.1. The zero-order valence-corrected chi connectivity index (χ0v) is 11.1. The minimum atomic E-state index is -0.701. The number of carbonyl (C=O) groups is 1. The van der Waals surface area contributed by atoms with Gasteiger partial charge >= 0.3 is 5.97 Å². The van der Waals surface area contributed by atoms with Crippen molar-refractivity contribution in [1.29, 1.82) is 0 Å². The summed E-state index contributed by atoms with van der Waals surface area (Å²) in [6, 6.07) is 8.13. The van der Waals surface area contributed by atoms with Crippen LogP contribution in [0.5, 0.6) is 0 Å².